The normalized spacial score (nSPS) is 19.9. The third-order valence-electron chi connectivity index (χ3n) is 3.47. The Bertz CT molecular complexity index is 419. The minimum absolute atomic E-state index is 0.200. The molecule has 18 heavy (non-hydrogen) atoms. The topological polar surface area (TPSA) is 49.8 Å². The van der Waals surface area contributed by atoms with Crippen LogP contribution in [0.25, 0.3) is 0 Å². The van der Waals surface area contributed by atoms with Crippen LogP contribution in [0.3, 0.4) is 0 Å². The summed E-state index contributed by atoms with van der Waals surface area (Å²) in [5, 5.41) is 8.78. The van der Waals surface area contributed by atoms with Gasteiger partial charge in [-0.15, -0.1) is 0 Å². The standard InChI is InChI=1S/C14H19NO3/c1-18-13-7-3-2-5-11(13)12-6-4-9-15(12)10-8-14(16)17/h2-3,5,7,12H,4,6,8-10H2,1H3,(H,16,17). The highest BCUT2D eigenvalue weighted by atomic mass is 16.5. The Balaban J connectivity index is 2.12. The number of nitrogens with zero attached hydrogens (tertiary/aromatic N) is 1. The Morgan fingerprint density at radius 2 is 2.28 bits per heavy atom. The molecule has 1 atom stereocenters. The molecule has 1 aromatic rings. The van der Waals surface area contributed by atoms with Gasteiger partial charge in [-0.25, -0.2) is 0 Å². The van der Waals surface area contributed by atoms with Gasteiger partial charge >= 0.3 is 5.97 Å². The monoisotopic (exact) mass is 249 g/mol. The van der Waals surface area contributed by atoms with Crippen LogP contribution in [0.2, 0.25) is 0 Å². The summed E-state index contributed by atoms with van der Waals surface area (Å²) in [4.78, 5) is 12.9. The largest absolute Gasteiger partial charge is 0.496 e. The molecule has 1 N–H and O–H groups in total. The molecule has 1 fully saturated rings. The second-order valence-electron chi connectivity index (χ2n) is 4.58. The maximum Gasteiger partial charge on any atom is 0.304 e. The quantitative estimate of drug-likeness (QED) is 0.870. The minimum Gasteiger partial charge on any atom is -0.496 e. The molecule has 0 aromatic heterocycles. The zero-order valence-electron chi connectivity index (χ0n) is 10.6. The number of carbonyl (C=O) groups is 1. The second-order valence-corrected chi connectivity index (χ2v) is 4.58. The van der Waals surface area contributed by atoms with Crippen LogP contribution in [0.15, 0.2) is 24.3 Å². The molecule has 0 spiro atoms. The van der Waals surface area contributed by atoms with E-state index in [9.17, 15) is 4.79 Å². The van der Waals surface area contributed by atoms with Gasteiger partial charge in [0.15, 0.2) is 0 Å². The van der Waals surface area contributed by atoms with Gasteiger partial charge in [-0.1, -0.05) is 18.2 Å². The predicted octanol–water partition coefficient (Wildman–Crippen LogP) is 2.31. The van der Waals surface area contributed by atoms with E-state index in [1.165, 1.54) is 5.56 Å². The highest BCUT2D eigenvalue weighted by molar-refractivity contribution is 5.66. The highest BCUT2D eigenvalue weighted by Gasteiger charge is 2.28. The van der Waals surface area contributed by atoms with Gasteiger partial charge in [-0.3, -0.25) is 9.69 Å². The van der Waals surface area contributed by atoms with Gasteiger partial charge < -0.3 is 9.84 Å². The number of rotatable bonds is 5. The smallest absolute Gasteiger partial charge is 0.304 e. The van der Waals surface area contributed by atoms with Gasteiger partial charge in [0.2, 0.25) is 0 Å². The van der Waals surface area contributed by atoms with Crippen LogP contribution >= 0.6 is 0 Å². The van der Waals surface area contributed by atoms with Crippen LogP contribution in [0.5, 0.6) is 5.75 Å². The van der Waals surface area contributed by atoms with E-state index in [-0.39, 0.29) is 6.42 Å². The third kappa shape index (κ3) is 2.82. The first kappa shape index (κ1) is 12.9. The van der Waals surface area contributed by atoms with E-state index in [4.69, 9.17) is 9.84 Å². The minimum atomic E-state index is -0.735. The lowest BCUT2D eigenvalue weighted by Crippen LogP contribution is -2.26. The number of para-hydroxylation sites is 1. The van der Waals surface area contributed by atoms with Crippen molar-refractivity contribution in [3.8, 4) is 5.75 Å². The molecule has 0 saturated carbocycles. The second kappa shape index (κ2) is 5.87. The van der Waals surface area contributed by atoms with E-state index in [1.807, 2.05) is 18.2 Å². The average Bonchev–Trinajstić information content (AvgIpc) is 2.84. The molecule has 0 amide bonds. The number of carboxylic acid groups (broad SMARTS) is 1. The van der Waals surface area contributed by atoms with Gasteiger partial charge in [0, 0.05) is 18.2 Å². The van der Waals surface area contributed by atoms with Crippen molar-refractivity contribution < 1.29 is 14.6 Å². The van der Waals surface area contributed by atoms with E-state index < -0.39 is 5.97 Å². The van der Waals surface area contributed by atoms with Crippen molar-refractivity contribution in [2.45, 2.75) is 25.3 Å². The van der Waals surface area contributed by atoms with Crippen molar-refractivity contribution in [3.05, 3.63) is 29.8 Å². The van der Waals surface area contributed by atoms with Crippen LogP contribution in [0.4, 0.5) is 0 Å². The summed E-state index contributed by atoms with van der Waals surface area (Å²) in [7, 11) is 1.68. The third-order valence-corrected chi connectivity index (χ3v) is 3.47. The molecule has 0 aliphatic carbocycles. The first-order valence-corrected chi connectivity index (χ1v) is 6.31. The SMILES string of the molecule is COc1ccccc1C1CCCN1CCC(=O)O. The summed E-state index contributed by atoms with van der Waals surface area (Å²) < 4.78 is 5.39. The number of hydrogen-bond acceptors (Lipinski definition) is 3. The maximum absolute atomic E-state index is 10.7. The molecule has 1 saturated heterocycles. The van der Waals surface area contributed by atoms with Gasteiger partial charge in [0.1, 0.15) is 5.75 Å². The average molecular weight is 249 g/mol. The van der Waals surface area contributed by atoms with E-state index in [0.717, 1.165) is 25.1 Å². The maximum atomic E-state index is 10.7. The Kier molecular flexibility index (Phi) is 4.20. The summed E-state index contributed by atoms with van der Waals surface area (Å²) >= 11 is 0. The molecular weight excluding hydrogens is 230 g/mol. The van der Waals surface area contributed by atoms with Gasteiger partial charge in [-0.2, -0.15) is 0 Å². The van der Waals surface area contributed by atoms with Crippen molar-refractivity contribution >= 4 is 5.97 Å². The fourth-order valence-corrected chi connectivity index (χ4v) is 2.63. The summed E-state index contributed by atoms with van der Waals surface area (Å²) in [6.07, 6.45) is 2.38. The molecule has 1 aromatic carbocycles. The van der Waals surface area contributed by atoms with Gasteiger partial charge in [-0.05, 0) is 25.5 Å². The lowest BCUT2D eigenvalue weighted by Gasteiger charge is -2.25. The molecule has 4 heteroatoms. The van der Waals surface area contributed by atoms with Crippen molar-refractivity contribution in [2.24, 2.45) is 0 Å². The lowest BCUT2D eigenvalue weighted by molar-refractivity contribution is -0.137. The van der Waals surface area contributed by atoms with Gasteiger partial charge in [0.25, 0.3) is 0 Å². The Morgan fingerprint density at radius 1 is 1.50 bits per heavy atom. The number of methoxy groups -OCH3 is 1. The van der Waals surface area contributed by atoms with Crippen molar-refractivity contribution in [1.82, 2.24) is 4.90 Å². The van der Waals surface area contributed by atoms with Crippen LogP contribution < -0.4 is 4.74 Å². The van der Waals surface area contributed by atoms with Crippen LogP contribution in [-0.4, -0.2) is 36.2 Å². The molecule has 98 valence electrons. The van der Waals surface area contributed by atoms with Crippen molar-refractivity contribution in [2.75, 3.05) is 20.2 Å². The number of carboxylic acids is 1. The first-order chi connectivity index (χ1) is 8.72. The molecule has 1 aliphatic heterocycles. The van der Waals surface area contributed by atoms with E-state index in [2.05, 4.69) is 11.0 Å². The van der Waals surface area contributed by atoms with E-state index >= 15 is 0 Å². The molecule has 0 radical (unpaired) electrons. The van der Waals surface area contributed by atoms with Crippen molar-refractivity contribution in [1.29, 1.82) is 0 Å². The fourth-order valence-electron chi connectivity index (χ4n) is 2.63. The molecule has 0 bridgehead atoms. The highest BCUT2D eigenvalue weighted by Crippen LogP contribution is 2.36. The van der Waals surface area contributed by atoms with E-state index in [1.54, 1.807) is 7.11 Å². The Morgan fingerprint density at radius 3 is 3.00 bits per heavy atom. The number of benzene rings is 1. The number of aliphatic carboxylic acids is 1. The molecule has 1 unspecified atom stereocenters. The molecule has 1 heterocycles. The van der Waals surface area contributed by atoms with Gasteiger partial charge in [0.05, 0.1) is 13.5 Å². The number of ether oxygens (including phenoxy) is 1. The zero-order valence-corrected chi connectivity index (χ0v) is 10.6. The summed E-state index contributed by atoms with van der Waals surface area (Å²) in [6, 6.07) is 8.29. The number of likely N-dealkylation sites (tertiary alicyclic amines) is 1. The Hall–Kier alpha value is -1.55. The zero-order chi connectivity index (χ0) is 13.0. The lowest BCUT2D eigenvalue weighted by atomic mass is 10.0. The number of hydrogen-bond donors (Lipinski definition) is 1. The van der Waals surface area contributed by atoms with Crippen molar-refractivity contribution in [3.63, 3.8) is 0 Å². The molecule has 4 nitrogen and oxygen atoms in total. The predicted molar refractivity (Wildman–Crippen MR) is 68.8 cm³/mol. The molecule has 1 aliphatic rings. The van der Waals surface area contributed by atoms with Crippen LogP contribution in [0.1, 0.15) is 30.9 Å². The summed E-state index contributed by atoms with van der Waals surface area (Å²) in [5.41, 5.74) is 1.17. The van der Waals surface area contributed by atoms with Crippen LogP contribution in [0, 0.1) is 0 Å². The fraction of sp³-hybridized carbons (Fsp3) is 0.500. The summed E-state index contributed by atoms with van der Waals surface area (Å²) in [6.45, 7) is 1.58. The molecule has 2 rings (SSSR count). The van der Waals surface area contributed by atoms with E-state index in [0.29, 0.717) is 12.6 Å². The molecular formula is C14H19NO3. The summed E-state index contributed by atoms with van der Waals surface area (Å²) in [5.74, 6) is 0.158. The Labute approximate surface area is 107 Å². The first-order valence-electron chi connectivity index (χ1n) is 6.31. The van der Waals surface area contributed by atoms with Crippen LogP contribution in [-0.2, 0) is 4.79 Å².